The van der Waals surface area contributed by atoms with E-state index in [2.05, 4.69) is 16.4 Å². The van der Waals surface area contributed by atoms with Gasteiger partial charge in [-0.3, -0.25) is 4.79 Å². The smallest absolute Gasteiger partial charge is 0.229 e. The monoisotopic (exact) mass is 407 g/mol. The fourth-order valence-electron chi connectivity index (χ4n) is 3.82. The number of nitrogens with one attached hydrogen (secondary N) is 1. The van der Waals surface area contributed by atoms with Crippen LogP contribution in [-0.4, -0.2) is 41.4 Å². The normalized spacial score (nSPS) is 22.0. The molecule has 2 fully saturated rings. The second kappa shape index (κ2) is 8.82. The number of hydrogen-bond donors (Lipinski definition) is 2. The van der Waals surface area contributed by atoms with Gasteiger partial charge in [-0.15, -0.1) is 0 Å². The van der Waals surface area contributed by atoms with Gasteiger partial charge in [0.15, 0.2) is 0 Å². The summed E-state index contributed by atoms with van der Waals surface area (Å²) in [5, 5.41) is 22.0. The highest BCUT2D eigenvalue weighted by Crippen LogP contribution is 2.42. The van der Waals surface area contributed by atoms with E-state index in [0.717, 1.165) is 24.0 Å². The fourth-order valence-corrected chi connectivity index (χ4v) is 3.82. The molecular formula is C23H25N3O4. The van der Waals surface area contributed by atoms with Crippen molar-refractivity contribution in [2.45, 2.75) is 38.4 Å². The van der Waals surface area contributed by atoms with E-state index in [-0.39, 0.29) is 23.8 Å². The Labute approximate surface area is 175 Å². The molecule has 1 aromatic carbocycles. The van der Waals surface area contributed by atoms with Crippen LogP contribution in [-0.2, 0) is 9.53 Å². The van der Waals surface area contributed by atoms with Gasteiger partial charge in [-0.1, -0.05) is 6.07 Å². The number of anilines is 1. The first kappa shape index (κ1) is 20.3. The van der Waals surface area contributed by atoms with Gasteiger partial charge >= 0.3 is 0 Å². The maximum absolute atomic E-state index is 12.3. The molecule has 2 aromatic rings. The van der Waals surface area contributed by atoms with Gasteiger partial charge in [-0.2, -0.15) is 5.26 Å². The van der Waals surface area contributed by atoms with Crippen molar-refractivity contribution in [1.82, 2.24) is 4.98 Å². The predicted octanol–water partition coefficient (Wildman–Crippen LogP) is 3.13. The minimum absolute atomic E-state index is 0.0228. The Bertz CT molecular complexity index is 963. The van der Waals surface area contributed by atoms with Crippen LogP contribution >= 0.6 is 0 Å². The summed E-state index contributed by atoms with van der Waals surface area (Å²) in [5.41, 5.74) is 2.16. The van der Waals surface area contributed by atoms with Crippen molar-refractivity contribution < 1.29 is 19.4 Å². The molecular weight excluding hydrogens is 382 g/mol. The van der Waals surface area contributed by atoms with Crippen LogP contribution in [0.4, 0.5) is 5.82 Å². The number of carbonyl (C=O) groups is 1. The van der Waals surface area contributed by atoms with Crippen molar-refractivity contribution in [2.75, 3.05) is 18.5 Å². The highest BCUT2D eigenvalue weighted by molar-refractivity contribution is 5.94. The van der Waals surface area contributed by atoms with Gasteiger partial charge in [0.25, 0.3) is 0 Å². The second-order valence-electron chi connectivity index (χ2n) is 7.92. The summed E-state index contributed by atoms with van der Waals surface area (Å²) in [5.74, 6) is 0.767. The first-order chi connectivity index (χ1) is 14.5. The van der Waals surface area contributed by atoms with Gasteiger partial charge in [0.1, 0.15) is 23.7 Å². The van der Waals surface area contributed by atoms with Crippen molar-refractivity contribution in [2.24, 2.45) is 11.8 Å². The zero-order valence-corrected chi connectivity index (χ0v) is 16.9. The van der Waals surface area contributed by atoms with Crippen LogP contribution in [0, 0.1) is 23.2 Å². The first-order valence-electron chi connectivity index (χ1n) is 10.3. The van der Waals surface area contributed by atoms with E-state index in [1.807, 2.05) is 18.2 Å². The average Bonchev–Trinajstić information content (AvgIpc) is 3.56. The zero-order chi connectivity index (χ0) is 21.1. The van der Waals surface area contributed by atoms with Gasteiger partial charge in [0.05, 0.1) is 24.9 Å². The number of amides is 1. The number of pyridine rings is 1. The third-order valence-corrected chi connectivity index (χ3v) is 5.70. The van der Waals surface area contributed by atoms with E-state index in [0.29, 0.717) is 36.8 Å². The van der Waals surface area contributed by atoms with Crippen molar-refractivity contribution in [3.63, 3.8) is 0 Å². The summed E-state index contributed by atoms with van der Waals surface area (Å²) in [6, 6.07) is 11.3. The number of aromatic nitrogens is 1. The second-order valence-corrected chi connectivity index (χ2v) is 7.92. The molecule has 1 aliphatic carbocycles. The Morgan fingerprint density at radius 2 is 2.07 bits per heavy atom. The van der Waals surface area contributed by atoms with Crippen LogP contribution in [0.3, 0.4) is 0 Å². The molecule has 7 nitrogen and oxygen atoms in total. The van der Waals surface area contributed by atoms with Gasteiger partial charge in [-0.25, -0.2) is 4.98 Å². The molecule has 2 heterocycles. The number of rotatable bonds is 6. The molecule has 0 bridgehead atoms. The molecule has 1 aromatic heterocycles. The van der Waals surface area contributed by atoms with Gasteiger partial charge in [0.2, 0.25) is 5.91 Å². The largest absolute Gasteiger partial charge is 0.489 e. The number of aliphatic hydroxyl groups is 1. The van der Waals surface area contributed by atoms with Gasteiger partial charge in [-0.05, 0) is 54.7 Å². The number of nitriles is 1. The molecule has 7 heteroatoms. The number of aliphatic hydroxyl groups excluding tert-OH is 1. The van der Waals surface area contributed by atoms with Crippen molar-refractivity contribution in [3.8, 4) is 22.9 Å². The summed E-state index contributed by atoms with van der Waals surface area (Å²) in [6.07, 6.45) is 3.54. The minimum Gasteiger partial charge on any atom is -0.489 e. The van der Waals surface area contributed by atoms with Crippen LogP contribution in [0.15, 0.2) is 36.5 Å². The Morgan fingerprint density at radius 1 is 1.30 bits per heavy atom. The molecule has 2 N–H and O–H groups in total. The third-order valence-electron chi connectivity index (χ3n) is 5.70. The van der Waals surface area contributed by atoms with Crippen LogP contribution in [0.2, 0.25) is 0 Å². The molecule has 3 atom stereocenters. The molecule has 30 heavy (non-hydrogen) atoms. The predicted molar refractivity (Wildman–Crippen MR) is 111 cm³/mol. The maximum atomic E-state index is 12.3. The molecule has 2 unspecified atom stereocenters. The van der Waals surface area contributed by atoms with Crippen molar-refractivity contribution >= 4 is 11.7 Å². The molecule has 2 aliphatic rings. The Morgan fingerprint density at radius 3 is 2.77 bits per heavy atom. The molecule has 1 saturated carbocycles. The highest BCUT2D eigenvalue weighted by atomic mass is 16.5. The number of carbonyl (C=O) groups excluding carboxylic acids is 1. The Balaban J connectivity index is 1.48. The molecule has 156 valence electrons. The number of ether oxygens (including phenoxy) is 2. The number of nitrogens with zero attached hydrogens (tertiary/aromatic N) is 2. The van der Waals surface area contributed by atoms with E-state index < -0.39 is 6.10 Å². The quantitative estimate of drug-likeness (QED) is 0.762. The fraction of sp³-hybridized carbons (Fsp3) is 0.435. The van der Waals surface area contributed by atoms with E-state index in [9.17, 15) is 15.2 Å². The molecule has 1 amide bonds. The average molecular weight is 407 g/mol. The Hall–Kier alpha value is -2.95. The van der Waals surface area contributed by atoms with E-state index in [1.165, 1.54) is 0 Å². The summed E-state index contributed by atoms with van der Waals surface area (Å²) >= 11 is 0. The molecule has 0 radical (unpaired) electrons. The lowest BCUT2D eigenvalue weighted by atomic mass is 10.0. The van der Waals surface area contributed by atoms with E-state index in [1.54, 1.807) is 25.3 Å². The molecule has 1 aliphatic heterocycles. The van der Waals surface area contributed by atoms with Gasteiger partial charge in [0, 0.05) is 25.0 Å². The molecule has 0 spiro atoms. The first-order valence-corrected chi connectivity index (χ1v) is 10.3. The Kier molecular flexibility index (Phi) is 5.98. The summed E-state index contributed by atoms with van der Waals surface area (Å²) < 4.78 is 11.4. The SMILES string of the molecule is CC(O)C1C[C@H]1C(=O)Nc1cc(-c2ccc(OC3CCOCC3)c(C#N)c2)ccn1. The summed E-state index contributed by atoms with van der Waals surface area (Å²) in [6.45, 7) is 3.06. The summed E-state index contributed by atoms with van der Waals surface area (Å²) in [4.78, 5) is 16.6. The van der Waals surface area contributed by atoms with Crippen LogP contribution in [0.5, 0.6) is 5.75 Å². The summed E-state index contributed by atoms with van der Waals surface area (Å²) in [7, 11) is 0. The van der Waals surface area contributed by atoms with E-state index >= 15 is 0 Å². The number of benzene rings is 1. The molecule has 4 rings (SSSR count). The minimum atomic E-state index is -0.480. The van der Waals surface area contributed by atoms with Crippen molar-refractivity contribution in [1.29, 1.82) is 5.26 Å². The van der Waals surface area contributed by atoms with Crippen LogP contribution < -0.4 is 10.1 Å². The highest BCUT2D eigenvalue weighted by Gasteiger charge is 2.45. The lowest BCUT2D eigenvalue weighted by molar-refractivity contribution is -0.118. The standard InChI is InChI=1S/C23H25N3O4/c1-14(27)19-12-20(19)23(28)26-22-11-16(4-7-25-22)15-2-3-21(17(10-15)13-24)30-18-5-8-29-9-6-18/h2-4,7,10-11,14,18-20,27H,5-6,8-9,12H2,1H3,(H,25,26,28)/t14?,19?,20-/m1/s1. The lowest BCUT2D eigenvalue weighted by Gasteiger charge is -2.23. The van der Waals surface area contributed by atoms with Gasteiger partial charge < -0.3 is 19.9 Å². The van der Waals surface area contributed by atoms with Crippen LogP contribution in [0.1, 0.15) is 31.7 Å². The number of hydrogen-bond acceptors (Lipinski definition) is 6. The van der Waals surface area contributed by atoms with Crippen molar-refractivity contribution in [3.05, 3.63) is 42.1 Å². The third kappa shape index (κ3) is 4.61. The zero-order valence-electron chi connectivity index (χ0n) is 16.9. The van der Waals surface area contributed by atoms with E-state index in [4.69, 9.17) is 9.47 Å². The lowest BCUT2D eigenvalue weighted by Crippen LogP contribution is -2.26. The topological polar surface area (TPSA) is 104 Å². The molecule has 1 saturated heterocycles. The maximum Gasteiger partial charge on any atom is 0.229 e. The van der Waals surface area contributed by atoms with Crippen LogP contribution in [0.25, 0.3) is 11.1 Å².